The lowest BCUT2D eigenvalue weighted by atomic mass is 9.85. The molecule has 1 aromatic carbocycles. The van der Waals surface area contributed by atoms with Crippen LogP contribution in [0.2, 0.25) is 0 Å². The summed E-state index contributed by atoms with van der Waals surface area (Å²) in [6, 6.07) is 9.76. The minimum Gasteiger partial charge on any atom is -0.460 e. The number of carbonyl (C=O) groups excluding carboxylic acids is 1. The van der Waals surface area contributed by atoms with Crippen molar-refractivity contribution in [1.82, 2.24) is 19.5 Å². The summed E-state index contributed by atoms with van der Waals surface area (Å²) in [7, 11) is 0. The third kappa shape index (κ3) is 4.37. The predicted octanol–water partition coefficient (Wildman–Crippen LogP) is 3.71. The molecule has 8 nitrogen and oxygen atoms in total. The normalized spacial score (nSPS) is 19.6. The van der Waals surface area contributed by atoms with Crippen molar-refractivity contribution in [2.24, 2.45) is 5.92 Å². The van der Waals surface area contributed by atoms with E-state index in [-0.39, 0.29) is 17.9 Å². The van der Waals surface area contributed by atoms with Crippen molar-refractivity contribution >= 4 is 28.8 Å². The Kier molecular flexibility index (Phi) is 5.32. The lowest BCUT2D eigenvalue weighted by molar-refractivity contribution is -0.161. The molecule has 30 heavy (non-hydrogen) atoms. The maximum Gasteiger partial charge on any atom is 0.309 e. The SMILES string of the molecule is CC(C)(C)OC(=O)C1CCCC(Nc2cc(-n3c(N)nc4ccccc43)ncn2)C1. The fourth-order valence-corrected chi connectivity index (χ4v) is 3.96. The van der Waals surface area contributed by atoms with Gasteiger partial charge in [0.1, 0.15) is 23.6 Å². The molecule has 2 heterocycles. The fourth-order valence-electron chi connectivity index (χ4n) is 3.96. The van der Waals surface area contributed by atoms with Crippen LogP contribution < -0.4 is 11.1 Å². The molecule has 1 saturated carbocycles. The van der Waals surface area contributed by atoms with E-state index in [1.807, 2.05) is 55.7 Å². The fraction of sp³-hybridized carbons (Fsp3) is 0.455. The molecule has 0 saturated heterocycles. The molecular formula is C22H28N6O2. The number of imidazole rings is 1. The predicted molar refractivity (Wildman–Crippen MR) is 116 cm³/mol. The highest BCUT2D eigenvalue weighted by atomic mass is 16.6. The van der Waals surface area contributed by atoms with Gasteiger partial charge in [0, 0.05) is 12.1 Å². The molecule has 3 N–H and O–H groups in total. The molecule has 2 aromatic heterocycles. The van der Waals surface area contributed by atoms with Gasteiger partial charge in [-0.1, -0.05) is 18.6 Å². The second-order valence-electron chi connectivity index (χ2n) is 8.79. The van der Waals surface area contributed by atoms with E-state index < -0.39 is 5.60 Å². The minimum absolute atomic E-state index is 0.0926. The first-order valence-electron chi connectivity index (χ1n) is 10.3. The molecule has 0 radical (unpaired) electrons. The zero-order chi connectivity index (χ0) is 21.3. The average Bonchev–Trinajstić information content (AvgIpc) is 3.03. The lowest BCUT2D eigenvalue weighted by Gasteiger charge is -2.31. The van der Waals surface area contributed by atoms with E-state index in [2.05, 4.69) is 20.3 Å². The first-order chi connectivity index (χ1) is 14.3. The summed E-state index contributed by atoms with van der Waals surface area (Å²) < 4.78 is 7.39. The summed E-state index contributed by atoms with van der Waals surface area (Å²) in [6.07, 6.45) is 5.05. The summed E-state index contributed by atoms with van der Waals surface area (Å²) in [5.41, 5.74) is 7.38. The molecule has 1 aliphatic rings. The Hall–Kier alpha value is -3.16. The van der Waals surface area contributed by atoms with Gasteiger partial charge in [0.05, 0.1) is 17.0 Å². The molecule has 2 unspecified atom stereocenters. The van der Waals surface area contributed by atoms with E-state index in [4.69, 9.17) is 10.5 Å². The Balaban J connectivity index is 1.51. The van der Waals surface area contributed by atoms with Gasteiger partial charge >= 0.3 is 5.97 Å². The number of carbonyl (C=O) groups is 1. The van der Waals surface area contributed by atoms with E-state index in [0.29, 0.717) is 17.6 Å². The molecule has 0 spiro atoms. The number of nitrogen functional groups attached to an aromatic ring is 1. The van der Waals surface area contributed by atoms with Crippen LogP contribution in [0.1, 0.15) is 46.5 Å². The number of benzene rings is 1. The second kappa shape index (κ2) is 7.93. The van der Waals surface area contributed by atoms with Gasteiger partial charge in [0.15, 0.2) is 0 Å². The van der Waals surface area contributed by atoms with Crippen LogP contribution in [-0.2, 0) is 9.53 Å². The number of ether oxygens (including phenoxy) is 1. The number of fused-ring (bicyclic) bond motifs is 1. The second-order valence-corrected chi connectivity index (χ2v) is 8.79. The van der Waals surface area contributed by atoms with Gasteiger partial charge in [0.2, 0.25) is 5.95 Å². The van der Waals surface area contributed by atoms with E-state index in [9.17, 15) is 4.79 Å². The monoisotopic (exact) mass is 408 g/mol. The van der Waals surface area contributed by atoms with Crippen molar-refractivity contribution in [3.05, 3.63) is 36.7 Å². The number of anilines is 2. The van der Waals surface area contributed by atoms with Crippen molar-refractivity contribution in [2.75, 3.05) is 11.1 Å². The Morgan fingerprint density at radius 1 is 1.23 bits per heavy atom. The van der Waals surface area contributed by atoms with Crippen molar-refractivity contribution < 1.29 is 9.53 Å². The number of nitrogens with zero attached hydrogens (tertiary/aromatic N) is 4. The minimum atomic E-state index is -0.466. The maximum atomic E-state index is 12.5. The summed E-state index contributed by atoms with van der Waals surface area (Å²) in [5.74, 6) is 1.52. The average molecular weight is 409 g/mol. The highest BCUT2D eigenvalue weighted by Gasteiger charge is 2.31. The van der Waals surface area contributed by atoms with Gasteiger partial charge in [-0.25, -0.2) is 15.0 Å². The molecule has 0 bridgehead atoms. The molecule has 4 rings (SSSR count). The lowest BCUT2D eigenvalue weighted by Crippen LogP contribution is -2.35. The summed E-state index contributed by atoms with van der Waals surface area (Å²) in [4.78, 5) is 25.6. The van der Waals surface area contributed by atoms with E-state index >= 15 is 0 Å². The first-order valence-corrected chi connectivity index (χ1v) is 10.3. The molecule has 0 aliphatic heterocycles. The van der Waals surface area contributed by atoms with Crippen molar-refractivity contribution in [1.29, 1.82) is 0 Å². The van der Waals surface area contributed by atoms with Crippen LogP contribution in [0.25, 0.3) is 16.9 Å². The number of rotatable bonds is 4. The van der Waals surface area contributed by atoms with Crippen LogP contribution in [0.15, 0.2) is 36.7 Å². The van der Waals surface area contributed by atoms with Gasteiger partial charge in [-0.05, 0) is 52.2 Å². The number of aromatic nitrogens is 4. The van der Waals surface area contributed by atoms with E-state index in [1.54, 1.807) is 0 Å². The highest BCUT2D eigenvalue weighted by Crippen LogP contribution is 2.29. The third-order valence-electron chi connectivity index (χ3n) is 5.23. The highest BCUT2D eigenvalue weighted by molar-refractivity contribution is 5.80. The molecule has 8 heteroatoms. The summed E-state index contributed by atoms with van der Waals surface area (Å²) in [5, 5.41) is 3.46. The zero-order valence-corrected chi connectivity index (χ0v) is 17.6. The van der Waals surface area contributed by atoms with Crippen LogP contribution in [0.5, 0.6) is 0 Å². The van der Waals surface area contributed by atoms with E-state index in [0.717, 1.165) is 36.7 Å². The molecule has 0 amide bonds. The van der Waals surface area contributed by atoms with Crippen molar-refractivity contribution in [3.63, 3.8) is 0 Å². The number of para-hydroxylation sites is 2. The molecule has 2 atom stereocenters. The van der Waals surface area contributed by atoms with Gasteiger partial charge in [-0.3, -0.25) is 9.36 Å². The molecule has 1 fully saturated rings. The third-order valence-corrected chi connectivity index (χ3v) is 5.23. The molecule has 158 valence electrons. The van der Waals surface area contributed by atoms with E-state index in [1.165, 1.54) is 6.33 Å². The largest absolute Gasteiger partial charge is 0.460 e. The number of hydrogen-bond acceptors (Lipinski definition) is 7. The Labute approximate surface area is 175 Å². The van der Waals surface area contributed by atoms with Crippen molar-refractivity contribution in [3.8, 4) is 5.82 Å². The van der Waals surface area contributed by atoms with Crippen LogP contribution >= 0.6 is 0 Å². The number of nitrogens with one attached hydrogen (secondary N) is 1. The Morgan fingerprint density at radius 2 is 2.03 bits per heavy atom. The number of nitrogens with two attached hydrogens (primary N) is 1. The molecule has 1 aliphatic carbocycles. The summed E-state index contributed by atoms with van der Waals surface area (Å²) in [6.45, 7) is 5.70. The van der Waals surface area contributed by atoms with Crippen LogP contribution in [-0.4, -0.2) is 37.1 Å². The van der Waals surface area contributed by atoms with Gasteiger partial charge < -0.3 is 15.8 Å². The topological polar surface area (TPSA) is 108 Å². The molecule has 3 aromatic rings. The number of hydrogen-bond donors (Lipinski definition) is 2. The quantitative estimate of drug-likeness (QED) is 0.634. The zero-order valence-electron chi connectivity index (χ0n) is 17.6. The first kappa shape index (κ1) is 20.1. The maximum absolute atomic E-state index is 12.5. The smallest absolute Gasteiger partial charge is 0.309 e. The summed E-state index contributed by atoms with van der Waals surface area (Å²) >= 11 is 0. The van der Waals surface area contributed by atoms with Crippen LogP contribution in [0.4, 0.5) is 11.8 Å². The molecular weight excluding hydrogens is 380 g/mol. The van der Waals surface area contributed by atoms with Crippen LogP contribution in [0.3, 0.4) is 0 Å². The standard InChI is InChI=1S/C22H28N6O2/c1-22(2,3)30-20(29)14-7-6-8-15(11-14)26-18-12-19(25-13-24-18)28-17-10-5-4-9-16(17)27-21(28)23/h4-5,9-10,12-15H,6-8,11H2,1-3H3,(H2,23,27)(H,24,25,26). The van der Waals surface area contributed by atoms with Gasteiger partial charge in [-0.2, -0.15) is 0 Å². The van der Waals surface area contributed by atoms with Crippen molar-refractivity contribution in [2.45, 2.75) is 58.1 Å². The number of esters is 1. The Morgan fingerprint density at radius 3 is 2.83 bits per heavy atom. The van der Waals surface area contributed by atoms with Gasteiger partial charge in [-0.15, -0.1) is 0 Å². The van der Waals surface area contributed by atoms with Crippen LogP contribution in [0, 0.1) is 5.92 Å². The van der Waals surface area contributed by atoms with Gasteiger partial charge in [0.25, 0.3) is 0 Å². The Bertz CT molecular complexity index is 1060.